The molecule has 1 unspecified atom stereocenters. The van der Waals surface area contributed by atoms with Gasteiger partial charge in [-0.25, -0.2) is 9.50 Å². The summed E-state index contributed by atoms with van der Waals surface area (Å²) in [6.07, 6.45) is 1.86. The lowest BCUT2D eigenvalue weighted by atomic mass is 10.1. The highest BCUT2D eigenvalue weighted by atomic mass is 35.5. The molecule has 0 radical (unpaired) electrons. The van der Waals surface area contributed by atoms with Crippen molar-refractivity contribution in [1.82, 2.24) is 25.2 Å². The zero-order valence-electron chi connectivity index (χ0n) is 17.3. The number of hydrogen-bond donors (Lipinski definition) is 3. The van der Waals surface area contributed by atoms with Crippen LogP contribution in [0.1, 0.15) is 22.5 Å². The highest BCUT2D eigenvalue weighted by molar-refractivity contribution is 7.22. The Bertz CT molecular complexity index is 1360. The molecule has 32 heavy (non-hydrogen) atoms. The number of fused-ring (bicyclic) bond motifs is 2. The van der Waals surface area contributed by atoms with E-state index < -0.39 is 11.9 Å². The van der Waals surface area contributed by atoms with Gasteiger partial charge in [0.2, 0.25) is 5.91 Å². The fourth-order valence-electron chi connectivity index (χ4n) is 3.93. The maximum absolute atomic E-state index is 13.0. The molecule has 0 bridgehead atoms. The average molecular weight is 473 g/mol. The Morgan fingerprint density at radius 1 is 1.34 bits per heavy atom. The Balaban J connectivity index is 0.00000245. The molecule has 1 atom stereocenters. The molecule has 0 saturated carbocycles. The van der Waals surface area contributed by atoms with Gasteiger partial charge in [0.15, 0.2) is 5.82 Å². The Hall–Kier alpha value is -3.37. The molecule has 9 nitrogen and oxygen atoms in total. The van der Waals surface area contributed by atoms with E-state index >= 15 is 0 Å². The number of methoxy groups -OCH3 is 1. The second kappa shape index (κ2) is 8.29. The number of ether oxygens (including phenoxy) is 1. The molecule has 3 aromatic heterocycles. The summed E-state index contributed by atoms with van der Waals surface area (Å²) in [5, 5.41) is 10.8. The summed E-state index contributed by atoms with van der Waals surface area (Å²) in [5.74, 6) is 0.485. The molecular formula is C21H21ClN6O3S. The number of carbonyl (C=O) groups excluding carboxylic acids is 2. The van der Waals surface area contributed by atoms with Crippen LogP contribution in [0.5, 0.6) is 5.75 Å². The van der Waals surface area contributed by atoms with Crippen LogP contribution in [-0.2, 0) is 4.79 Å². The number of halogens is 1. The van der Waals surface area contributed by atoms with E-state index in [0.29, 0.717) is 24.2 Å². The van der Waals surface area contributed by atoms with Crippen LogP contribution in [0.3, 0.4) is 0 Å². The predicted molar refractivity (Wildman–Crippen MR) is 126 cm³/mol. The molecule has 0 spiro atoms. The van der Waals surface area contributed by atoms with E-state index in [2.05, 4.69) is 26.8 Å². The molecule has 1 aromatic carbocycles. The number of nitrogen functional groups attached to an aromatic ring is 1. The van der Waals surface area contributed by atoms with Crippen LogP contribution in [0.2, 0.25) is 0 Å². The number of thiophene rings is 1. The number of hydrogen-bond acceptors (Lipinski definition) is 7. The summed E-state index contributed by atoms with van der Waals surface area (Å²) in [7, 11) is 1.65. The van der Waals surface area contributed by atoms with Crippen LogP contribution in [0.25, 0.3) is 26.0 Å². The van der Waals surface area contributed by atoms with Crippen molar-refractivity contribution in [3.8, 4) is 16.2 Å². The highest BCUT2D eigenvalue weighted by Crippen LogP contribution is 2.42. The van der Waals surface area contributed by atoms with Gasteiger partial charge in [-0.3, -0.25) is 9.59 Å². The molecule has 166 valence electrons. The number of aromatic nitrogens is 3. The van der Waals surface area contributed by atoms with Gasteiger partial charge >= 0.3 is 0 Å². The van der Waals surface area contributed by atoms with Crippen LogP contribution in [0.4, 0.5) is 5.82 Å². The van der Waals surface area contributed by atoms with E-state index in [1.165, 1.54) is 10.8 Å². The zero-order chi connectivity index (χ0) is 21.7. The minimum absolute atomic E-state index is 0. The fourth-order valence-corrected chi connectivity index (χ4v) is 5.08. The van der Waals surface area contributed by atoms with E-state index in [1.54, 1.807) is 24.5 Å². The van der Waals surface area contributed by atoms with Gasteiger partial charge in [-0.15, -0.1) is 23.7 Å². The molecule has 1 fully saturated rings. The number of amides is 2. The van der Waals surface area contributed by atoms with E-state index in [1.807, 2.05) is 19.1 Å². The van der Waals surface area contributed by atoms with Crippen molar-refractivity contribution >= 4 is 57.0 Å². The number of benzene rings is 1. The first-order chi connectivity index (χ1) is 15.0. The van der Waals surface area contributed by atoms with Crippen molar-refractivity contribution in [2.45, 2.75) is 19.4 Å². The largest absolute Gasteiger partial charge is 0.495 e. The molecule has 4 heterocycles. The summed E-state index contributed by atoms with van der Waals surface area (Å²) in [5.41, 5.74) is 8.86. The highest BCUT2D eigenvalue weighted by Gasteiger charge is 2.28. The van der Waals surface area contributed by atoms with Crippen molar-refractivity contribution in [3.63, 3.8) is 0 Å². The molecule has 11 heteroatoms. The minimum Gasteiger partial charge on any atom is -0.495 e. The van der Waals surface area contributed by atoms with Crippen molar-refractivity contribution in [1.29, 1.82) is 0 Å². The van der Waals surface area contributed by atoms with Gasteiger partial charge in [-0.05, 0) is 42.5 Å². The smallest absolute Gasteiger partial charge is 0.270 e. The third-order valence-electron chi connectivity index (χ3n) is 5.38. The molecule has 1 aliphatic rings. The average Bonchev–Trinajstić information content (AvgIpc) is 3.44. The second-order valence-electron chi connectivity index (χ2n) is 7.45. The SMILES string of the molecule is COc1cc(C)cc2cc(-c3cc(C(=O)NC4CCNC4=O)n4ncnc(N)c34)sc12.Cl. The van der Waals surface area contributed by atoms with Crippen molar-refractivity contribution in [2.24, 2.45) is 0 Å². The minimum atomic E-state index is -0.558. The lowest BCUT2D eigenvalue weighted by molar-refractivity contribution is -0.120. The van der Waals surface area contributed by atoms with Gasteiger partial charge in [-0.1, -0.05) is 6.07 Å². The normalized spacial score (nSPS) is 15.6. The van der Waals surface area contributed by atoms with Gasteiger partial charge in [0.1, 0.15) is 29.3 Å². The lowest BCUT2D eigenvalue weighted by Crippen LogP contribution is -2.40. The van der Waals surface area contributed by atoms with Gasteiger partial charge in [0, 0.05) is 17.0 Å². The number of carbonyl (C=O) groups is 2. The van der Waals surface area contributed by atoms with Crippen molar-refractivity contribution in [2.75, 3.05) is 19.4 Å². The maximum atomic E-state index is 13.0. The maximum Gasteiger partial charge on any atom is 0.270 e. The number of aryl methyl sites for hydroxylation is 1. The zero-order valence-corrected chi connectivity index (χ0v) is 19.0. The summed E-state index contributed by atoms with van der Waals surface area (Å²) < 4.78 is 8.04. The molecule has 1 aliphatic heterocycles. The summed E-state index contributed by atoms with van der Waals surface area (Å²) in [6, 6.07) is 7.30. The van der Waals surface area contributed by atoms with Crippen molar-refractivity contribution < 1.29 is 14.3 Å². The third kappa shape index (κ3) is 3.51. The van der Waals surface area contributed by atoms with E-state index in [4.69, 9.17) is 10.5 Å². The molecule has 4 aromatic rings. The number of nitrogens with two attached hydrogens (primary N) is 1. The Morgan fingerprint density at radius 2 is 2.16 bits per heavy atom. The summed E-state index contributed by atoms with van der Waals surface area (Å²) in [6.45, 7) is 2.56. The van der Waals surface area contributed by atoms with E-state index in [9.17, 15) is 9.59 Å². The second-order valence-corrected chi connectivity index (χ2v) is 8.50. The van der Waals surface area contributed by atoms with E-state index in [0.717, 1.165) is 31.8 Å². The molecule has 5 rings (SSSR count). The molecular weight excluding hydrogens is 452 g/mol. The first kappa shape index (κ1) is 21.8. The van der Waals surface area contributed by atoms with Gasteiger partial charge in [0.05, 0.1) is 11.8 Å². The lowest BCUT2D eigenvalue weighted by Gasteiger charge is -2.09. The van der Waals surface area contributed by atoms with Crippen molar-refractivity contribution in [3.05, 3.63) is 41.9 Å². The van der Waals surface area contributed by atoms with Gasteiger partial charge < -0.3 is 21.1 Å². The van der Waals surface area contributed by atoms with Gasteiger partial charge in [0.25, 0.3) is 5.91 Å². The summed E-state index contributed by atoms with van der Waals surface area (Å²) >= 11 is 1.55. The van der Waals surface area contributed by atoms with Crippen LogP contribution in [0, 0.1) is 6.92 Å². The Labute approximate surface area is 193 Å². The number of anilines is 1. The van der Waals surface area contributed by atoms with E-state index in [-0.39, 0.29) is 24.1 Å². The molecule has 1 saturated heterocycles. The number of nitrogens with zero attached hydrogens (tertiary/aromatic N) is 3. The van der Waals surface area contributed by atoms with Crippen LogP contribution >= 0.6 is 23.7 Å². The van der Waals surface area contributed by atoms with Gasteiger partial charge in [-0.2, -0.15) is 5.10 Å². The van der Waals surface area contributed by atoms with Crippen LogP contribution < -0.4 is 21.1 Å². The first-order valence-corrected chi connectivity index (χ1v) is 10.6. The predicted octanol–water partition coefficient (Wildman–Crippen LogP) is 2.55. The number of rotatable bonds is 4. The van der Waals surface area contributed by atoms with Crippen LogP contribution in [0.15, 0.2) is 30.6 Å². The quantitative estimate of drug-likeness (QED) is 0.419. The first-order valence-electron chi connectivity index (χ1n) is 9.75. The third-order valence-corrected chi connectivity index (χ3v) is 6.58. The Kier molecular flexibility index (Phi) is 5.66. The molecule has 0 aliphatic carbocycles. The summed E-state index contributed by atoms with van der Waals surface area (Å²) in [4.78, 5) is 29.9. The van der Waals surface area contributed by atoms with Crippen LogP contribution in [-0.4, -0.2) is 46.1 Å². The number of nitrogens with one attached hydrogen (secondary N) is 2. The molecule has 2 amide bonds. The standard InChI is InChI=1S/C21H20N6O3S.ClH/c1-10-5-11-7-16(31-18(11)15(6-10)30-2)12-8-14(27-17(12)19(22)24-9-25-27)21(29)26-13-3-4-23-20(13)28;/h5-9,13H,3-4H2,1-2H3,(H,23,28)(H,26,29)(H2,22,24,25);1H. The topological polar surface area (TPSA) is 124 Å². The Morgan fingerprint density at radius 3 is 2.88 bits per heavy atom. The molecule has 4 N–H and O–H groups in total. The monoisotopic (exact) mass is 472 g/mol. The fraction of sp³-hybridized carbons (Fsp3) is 0.238.